The third-order valence-corrected chi connectivity index (χ3v) is 8.19. The second kappa shape index (κ2) is 9.79. The molecule has 172 valence electrons. The summed E-state index contributed by atoms with van der Waals surface area (Å²) in [4.78, 5) is 33.2. The molecule has 7 nitrogen and oxygen atoms in total. The number of rotatable bonds is 8. The van der Waals surface area contributed by atoms with Crippen LogP contribution in [0, 0.1) is 0 Å². The summed E-state index contributed by atoms with van der Waals surface area (Å²) in [5.74, 6) is 0.121. The molecule has 0 saturated heterocycles. The molecular weight excluding hydrogens is 456 g/mol. The Labute approximate surface area is 200 Å². The van der Waals surface area contributed by atoms with Crippen molar-refractivity contribution in [2.75, 3.05) is 26.0 Å². The smallest absolute Gasteiger partial charge is 0.263 e. The lowest BCUT2D eigenvalue weighted by molar-refractivity contribution is -0.127. The van der Waals surface area contributed by atoms with Gasteiger partial charge in [-0.1, -0.05) is 42.1 Å². The fourth-order valence-corrected chi connectivity index (χ4v) is 6.60. The second-order valence-electron chi connectivity index (χ2n) is 8.20. The van der Waals surface area contributed by atoms with Crippen LogP contribution in [0.15, 0.2) is 45.4 Å². The molecule has 1 aromatic carbocycles. The summed E-state index contributed by atoms with van der Waals surface area (Å²) < 4.78 is 6.92. The number of methoxy groups -OCH3 is 1. The Morgan fingerprint density at radius 2 is 2.06 bits per heavy atom. The number of carbonyl (C=O) groups excluding carboxylic acids is 1. The number of fused-ring (bicyclic) bond motifs is 3. The van der Waals surface area contributed by atoms with Crippen molar-refractivity contribution in [2.24, 2.45) is 5.10 Å². The van der Waals surface area contributed by atoms with E-state index in [1.165, 1.54) is 22.2 Å². The Kier molecular flexibility index (Phi) is 6.62. The first-order valence-electron chi connectivity index (χ1n) is 11.3. The van der Waals surface area contributed by atoms with Gasteiger partial charge in [-0.2, -0.15) is 5.10 Å². The van der Waals surface area contributed by atoms with Crippen molar-refractivity contribution in [2.45, 2.75) is 43.8 Å². The van der Waals surface area contributed by atoms with Crippen LogP contribution >= 0.6 is 23.1 Å². The Morgan fingerprint density at radius 1 is 1.21 bits per heavy atom. The summed E-state index contributed by atoms with van der Waals surface area (Å²) in [6.07, 6.45) is 4.54. The third kappa shape index (κ3) is 4.49. The molecule has 0 atom stereocenters. The molecule has 3 heterocycles. The first-order valence-corrected chi connectivity index (χ1v) is 13.1. The van der Waals surface area contributed by atoms with E-state index in [0.717, 1.165) is 47.2 Å². The summed E-state index contributed by atoms with van der Waals surface area (Å²) in [6.45, 7) is 1.67. The monoisotopic (exact) mass is 482 g/mol. The van der Waals surface area contributed by atoms with Gasteiger partial charge in [-0.25, -0.2) is 9.99 Å². The van der Waals surface area contributed by atoms with Crippen LogP contribution in [0.4, 0.5) is 0 Å². The van der Waals surface area contributed by atoms with Crippen molar-refractivity contribution >= 4 is 44.9 Å². The van der Waals surface area contributed by atoms with E-state index >= 15 is 0 Å². The minimum atomic E-state index is -0.0719. The van der Waals surface area contributed by atoms with E-state index in [9.17, 15) is 9.59 Å². The van der Waals surface area contributed by atoms with Crippen LogP contribution in [0.3, 0.4) is 0 Å². The van der Waals surface area contributed by atoms with E-state index < -0.39 is 0 Å². The van der Waals surface area contributed by atoms with Crippen molar-refractivity contribution in [3.63, 3.8) is 0 Å². The molecule has 2 aliphatic rings. The van der Waals surface area contributed by atoms with E-state index in [0.29, 0.717) is 31.3 Å². The average molecular weight is 483 g/mol. The van der Waals surface area contributed by atoms with Crippen LogP contribution in [0.25, 0.3) is 10.2 Å². The Balaban J connectivity index is 1.37. The standard InChI is InChI=1S/C24H26N4O3S2/c1-31-14-6-12-27-23(30)21-17-9-5-10-19(17)33-22(21)25-24(27)32-15-20(29)28-13-11-18(26-28)16-7-3-2-4-8-16/h2-4,7-8H,5-6,9-15H2,1H3. The van der Waals surface area contributed by atoms with Gasteiger partial charge in [0.1, 0.15) is 4.83 Å². The number of ether oxygens (including phenoxy) is 1. The van der Waals surface area contributed by atoms with Gasteiger partial charge in [0, 0.05) is 31.6 Å². The lowest BCUT2D eigenvalue weighted by Crippen LogP contribution is -2.27. The highest BCUT2D eigenvalue weighted by molar-refractivity contribution is 7.99. The zero-order valence-electron chi connectivity index (χ0n) is 18.6. The van der Waals surface area contributed by atoms with Gasteiger partial charge < -0.3 is 4.74 Å². The van der Waals surface area contributed by atoms with Gasteiger partial charge >= 0.3 is 0 Å². The SMILES string of the molecule is COCCCn1c(SCC(=O)N2CCC(c3ccccc3)=N2)nc2sc3c(c2c1=O)CCC3. The van der Waals surface area contributed by atoms with E-state index in [2.05, 4.69) is 5.10 Å². The maximum atomic E-state index is 13.4. The molecular formula is C24H26N4O3S2. The number of carbonyl (C=O) groups is 1. The summed E-state index contributed by atoms with van der Waals surface area (Å²) in [5.41, 5.74) is 3.17. The number of nitrogens with zero attached hydrogens (tertiary/aromatic N) is 4. The Hall–Kier alpha value is -2.49. The highest BCUT2D eigenvalue weighted by Gasteiger charge is 2.25. The van der Waals surface area contributed by atoms with E-state index in [1.807, 2.05) is 30.3 Å². The lowest BCUT2D eigenvalue weighted by atomic mass is 10.1. The highest BCUT2D eigenvalue weighted by atomic mass is 32.2. The maximum Gasteiger partial charge on any atom is 0.263 e. The minimum absolute atomic E-state index is 0.0102. The topological polar surface area (TPSA) is 76.8 Å². The molecule has 0 bridgehead atoms. The average Bonchev–Trinajstić information content (AvgIpc) is 3.56. The molecule has 1 aliphatic carbocycles. The van der Waals surface area contributed by atoms with Crippen molar-refractivity contribution in [1.82, 2.24) is 14.6 Å². The van der Waals surface area contributed by atoms with Crippen molar-refractivity contribution in [3.05, 3.63) is 56.7 Å². The molecule has 0 unspecified atom stereocenters. The summed E-state index contributed by atoms with van der Waals surface area (Å²) in [5, 5.41) is 7.46. The number of hydrazone groups is 1. The normalized spacial score (nSPS) is 15.3. The molecule has 0 radical (unpaired) electrons. The molecule has 0 saturated carbocycles. The summed E-state index contributed by atoms with van der Waals surface area (Å²) >= 11 is 2.95. The third-order valence-electron chi connectivity index (χ3n) is 6.04. The fraction of sp³-hybridized carbons (Fsp3) is 0.417. The van der Waals surface area contributed by atoms with E-state index in [-0.39, 0.29) is 17.2 Å². The number of hydrogen-bond acceptors (Lipinski definition) is 7. The molecule has 1 amide bonds. The number of aromatic nitrogens is 2. The first-order chi connectivity index (χ1) is 16.2. The van der Waals surface area contributed by atoms with Gasteiger partial charge in [-0.05, 0) is 36.8 Å². The number of benzene rings is 1. The maximum absolute atomic E-state index is 13.4. The summed E-state index contributed by atoms with van der Waals surface area (Å²) in [6, 6.07) is 9.94. The van der Waals surface area contributed by atoms with Gasteiger partial charge in [-0.3, -0.25) is 14.2 Å². The Morgan fingerprint density at radius 3 is 2.88 bits per heavy atom. The summed E-state index contributed by atoms with van der Waals surface area (Å²) in [7, 11) is 1.66. The minimum Gasteiger partial charge on any atom is -0.385 e. The van der Waals surface area contributed by atoms with Crippen molar-refractivity contribution in [1.29, 1.82) is 0 Å². The van der Waals surface area contributed by atoms with E-state index in [4.69, 9.17) is 9.72 Å². The van der Waals surface area contributed by atoms with Gasteiger partial charge in [0.2, 0.25) is 0 Å². The molecule has 2 aromatic heterocycles. The van der Waals surface area contributed by atoms with Gasteiger partial charge in [0.15, 0.2) is 5.16 Å². The van der Waals surface area contributed by atoms with Gasteiger partial charge in [0.05, 0.1) is 23.4 Å². The fourth-order valence-electron chi connectivity index (χ4n) is 4.40. The van der Waals surface area contributed by atoms with Gasteiger partial charge in [-0.15, -0.1) is 11.3 Å². The van der Waals surface area contributed by atoms with Gasteiger partial charge in [0.25, 0.3) is 11.5 Å². The van der Waals surface area contributed by atoms with Crippen LogP contribution in [-0.4, -0.2) is 52.2 Å². The Bertz CT molecular complexity index is 1270. The highest BCUT2D eigenvalue weighted by Crippen LogP contribution is 2.35. The number of aryl methyl sites for hydroxylation is 2. The number of hydrogen-bond donors (Lipinski definition) is 0. The second-order valence-corrected chi connectivity index (χ2v) is 10.2. The number of thiophene rings is 1. The molecule has 9 heteroatoms. The molecule has 0 fully saturated rings. The number of amides is 1. The lowest BCUT2D eigenvalue weighted by Gasteiger charge is -2.14. The van der Waals surface area contributed by atoms with Crippen LogP contribution < -0.4 is 5.56 Å². The van der Waals surface area contributed by atoms with Crippen molar-refractivity contribution in [3.8, 4) is 0 Å². The van der Waals surface area contributed by atoms with Crippen LogP contribution in [0.5, 0.6) is 0 Å². The predicted molar refractivity (Wildman–Crippen MR) is 132 cm³/mol. The number of thioether (sulfide) groups is 1. The first kappa shape index (κ1) is 22.3. The zero-order valence-corrected chi connectivity index (χ0v) is 20.2. The quantitative estimate of drug-likeness (QED) is 0.278. The van der Waals surface area contributed by atoms with Crippen LogP contribution in [-0.2, 0) is 28.9 Å². The zero-order chi connectivity index (χ0) is 22.8. The molecule has 0 spiro atoms. The van der Waals surface area contributed by atoms with Crippen LogP contribution in [0.1, 0.15) is 35.3 Å². The predicted octanol–water partition coefficient (Wildman–Crippen LogP) is 3.71. The molecule has 0 N–H and O–H groups in total. The van der Waals surface area contributed by atoms with E-state index in [1.54, 1.807) is 28.0 Å². The largest absolute Gasteiger partial charge is 0.385 e. The van der Waals surface area contributed by atoms with Crippen LogP contribution in [0.2, 0.25) is 0 Å². The molecule has 33 heavy (non-hydrogen) atoms. The molecule has 5 rings (SSSR count). The van der Waals surface area contributed by atoms with Crippen molar-refractivity contribution < 1.29 is 9.53 Å². The molecule has 3 aromatic rings. The molecule has 1 aliphatic heterocycles.